The molecule has 0 spiro atoms. The highest BCUT2D eigenvalue weighted by Crippen LogP contribution is 2.32. The van der Waals surface area contributed by atoms with Crippen LogP contribution in [0.4, 0.5) is 0 Å². The maximum Gasteiger partial charge on any atom is 0.107 e. The molecular formula is C14H16BrN3. The molecule has 1 saturated carbocycles. The van der Waals surface area contributed by atoms with Gasteiger partial charge in [0.2, 0.25) is 0 Å². The molecule has 3 rings (SSSR count). The third kappa shape index (κ3) is 2.34. The highest BCUT2D eigenvalue weighted by Gasteiger charge is 2.18. The molecule has 0 N–H and O–H groups in total. The summed E-state index contributed by atoms with van der Waals surface area (Å²) in [6.07, 6.45) is 12.3. The van der Waals surface area contributed by atoms with E-state index in [-0.39, 0.29) is 0 Å². The predicted molar refractivity (Wildman–Crippen MR) is 75.3 cm³/mol. The molecule has 18 heavy (non-hydrogen) atoms. The van der Waals surface area contributed by atoms with Gasteiger partial charge >= 0.3 is 0 Å². The fraction of sp³-hybridized carbons (Fsp3) is 0.429. The van der Waals surface area contributed by atoms with Crippen LogP contribution < -0.4 is 0 Å². The van der Waals surface area contributed by atoms with E-state index in [1.807, 2.05) is 12.1 Å². The van der Waals surface area contributed by atoms with E-state index >= 15 is 0 Å². The summed E-state index contributed by atoms with van der Waals surface area (Å²) in [7, 11) is 0. The highest BCUT2D eigenvalue weighted by atomic mass is 79.9. The first-order valence-electron chi connectivity index (χ1n) is 6.49. The van der Waals surface area contributed by atoms with E-state index in [1.165, 1.54) is 32.1 Å². The monoisotopic (exact) mass is 305 g/mol. The van der Waals surface area contributed by atoms with E-state index < -0.39 is 0 Å². The molecule has 2 heterocycles. The smallest absolute Gasteiger partial charge is 0.107 e. The van der Waals surface area contributed by atoms with Gasteiger partial charge in [0.15, 0.2) is 0 Å². The van der Waals surface area contributed by atoms with E-state index in [0.717, 1.165) is 15.7 Å². The molecule has 1 aliphatic rings. The second kappa shape index (κ2) is 5.22. The zero-order chi connectivity index (χ0) is 12.4. The van der Waals surface area contributed by atoms with Crippen LogP contribution in [0.2, 0.25) is 0 Å². The van der Waals surface area contributed by atoms with Crippen molar-refractivity contribution in [2.45, 2.75) is 38.1 Å². The van der Waals surface area contributed by atoms with E-state index in [4.69, 9.17) is 5.10 Å². The summed E-state index contributed by atoms with van der Waals surface area (Å²) in [6, 6.07) is 4.57. The largest absolute Gasteiger partial charge is 0.268 e. The molecule has 1 fully saturated rings. The number of halogens is 1. The van der Waals surface area contributed by atoms with Crippen LogP contribution in [-0.4, -0.2) is 14.8 Å². The van der Waals surface area contributed by atoms with Gasteiger partial charge in [0.25, 0.3) is 0 Å². The van der Waals surface area contributed by atoms with Crippen LogP contribution in [0, 0.1) is 0 Å². The van der Waals surface area contributed by atoms with Crippen molar-refractivity contribution in [2.24, 2.45) is 0 Å². The summed E-state index contributed by atoms with van der Waals surface area (Å²) in [5.74, 6) is 0. The second-order valence-electron chi connectivity index (χ2n) is 4.83. The van der Waals surface area contributed by atoms with Crippen molar-refractivity contribution in [3.8, 4) is 11.3 Å². The van der Waals surface area contributed by atoms with Gasteiger partial charge in [-0.3, -0.25) is 9.67 Å². The summed E-state index contributed by atoms with van der Waals surface area (Å²) in [6.45, 7) is 0. The summed E-state index contributed by atoms with van der Waals surface area (Å²) in [5.41, 5.74) is 2.13. The second-order valence-corrected chi connectivity index (χ2v) is 5.69. The lowest BCUT2D eigenvalue weighted by Gasteiger charge is -2.21. The minimum absolute atomic E-state index is 0.575. The standard InChI is InChI=1S/C14H16BrN3/c15-13-10-18(12-4-2-1-3-5-12)17-14(13)11-6-8-16-9-7-11/h6-10,12H,1-5H2. The van der Waals surface area contributed by atoms with Crippen molar-refractivity contribution in [3.63, 3.8) is 0 Å². The summed E-state index contributed by atoms with van der Waals surface area (Å²) < 4.78 is 3.21. The Bertz CT molecular complexity index is 515. The number of pyridine rings is 1. The third-order valence-corrected chi connectivity index (χ3v) is 4.17. The molecule has 2 aromatic heterocycles. The van der Waals surface area contributed by atoms with Gasteiger partial charge in [-0.15, -0.1) is 0 Å². The Hall–Kier alpha value is -1.16. The predicted octanol–water partition coefficient (Wildman–Crippen LogP) is 4.21. The number of rotatable bonds is 2. The van der Waals surface area contributed by atoms with Gasteiger partial charge in [0.1, 0.15) is 5.69 Å². The van der Waals surface area contributed by atoms with Crippen LogP contribution in [-0.2, 0) is 0 Å². The molecule has 0 saturated heterocycles. The van der Waals surface area contributed by atoms with Gasteiger partial charge in [-0.05, 0) is 40.9 Å². The SMILES string of the molecule is Brc1cn(C2CCCCC2)nc1-c1ccncc1. The summed E-state index contributed by atoms with van der Waals surface area (Å²) >= 11 is 3.62. The van der Waals surface area contributed by atoms with Gasteiger partial charge in [-0.1, -0.05) is 19.3 Å². The minimum atomic E-state index is 0.575. The first-order valence-corrected chi connectivity index (χ1v) is 7.29. The van der Waals surface area contributed by atoms with Crippen LogP contribution in [0.1, 0.15) is 38.1 Å². The highest BCUT2D eigenvalue weighted by molar-refractivity contribution is 9.10. The normalized spacial score (nSPS) is 16.9. The molecule has 0 amide bonds. The fourth-order valence-electron chi connectivity index (χ4n) is 2.61. The molecule has 0 bridgehead atoms. The average molecular weight is 306 g/mol. The fourth-order valence-corrected chi connectivity index (χ4v) is 3.13. The van der Waals surface area contributed by atoms with E-state index in [1.54, 1.807) is 12.4 Å². The van der Waals surface area contributed by atoms with Gasteiger partial charge in [-0.25, -0.2) is 0 Å². The number of hydrogen-bond acceptors (Lipinski definition) is 2. The molecule has 0 unspecified atom stereocenters. The summed E-state index contributed by atoms with van der Waals surface area (Å²) in [4.78, 5) is 4.05. The van der Waals surface area contributed by atoms with Crippen molar-refractivity contribution in [3.05, 3.63) is 35.2 Å². The van der Waals surface area contributed by atoms with Crippen molar-refractivity contribution < 1.29 is 0 Å². The van der Waals surface area contributed by atoms with Crippen molar-refractivity contribution in [2.75, 3.05) is 0 Å². The Morgan fingerprint density at radius 3 is 2.56 bits per heavy atom. The molecular weight excluding hydrogens is 290 g/mol. The van der Waals surface area contributed by atoms with Crippen LogP contribution in [0.15, 0.2) is 35.2 Å². The Kier molecular flexibility index (Phi) is 3.46. The molecule has 94 valence electrons. The zero-order valence-electron chi connectivity index (χ0n) is 10.2. The first-order chi connectivity index (χ1) is 8.84. The Labute approximate surface area is 115 Å². The van der Waals surface area contributed by atoms with Crippen LogP contribution >= 0.6 is 15.9 Å². The number of aromatic nitrogens is 3. The maximum absolute atomic E-state index is 4.75. The molecule has 0 radical (unpaired) electrons. The van der Waals surface area contributed by atoms with Gasteiger partial charge in [0, 0.05) is 24.2 Å². The molecule has 0 aromatic carbocycles. The van der Waals surface area contributed by atoms with Gasteiger partial charge in [-0.2, -0.15) is 5.10 Å². The van der Waals surface area contributed by atoms with Gasteiger partial charge in [0.05, 0.1) is 10.5 Å². The van der Waals surface area contributed by atoms with Gasteiger partial charge < -0.3 is 0 Å². The quantitative estimate of drug-likeness (QED) is 0.832. The molecule has 0 atom stereocenters. The first kappa shape index (κ1) is 11.9. The molecule has 4 heteroatoms. The Morgan fingerprint density at radius 2 is 1.83 bits per heavy atom. The lowest BCUT2D eigenvalue weighted by molar-refractivity contribution is 0.330. The van der Waals surface area contributed by atoms with Crippen molar-refractivity contribution in [1.82, 2.24) is 14.8 Å². The third-order valence-electron chi connectivity index (χ3n) is 3.59. The topological polar surface area (TPSA) is 30.7 Å². The minimum Gasteiger partial charge on any atom is -0.268 e. The molecule has 0 aliphatic heterocycles. The zero-order valence-corrected chi connectivity index (χ0v) is 11.8. The van der Waals surface area contributed by atoms with E-state index in [0.29, 0.717) is 6.04 Å². The average Bonchev–Trinajstić information content (AvgIpc) is 2.83. The number of hydrogen-bond donors (Lipinski definition) is 0. The Morgan fingerprint density at radius 1 is 1.11 bits per heavy atom. The molecule has 2 aromatic rings. The van der Waals surface area contributed by atoms with Crippen LogP contribution in [0.3, 0.4) is 0 Å². The molecule has 1 aliphatic carbocycles. The Balaban J connectivity index is 1.91. The lowest BCUT2D eigenvalue weighted by atomic mass is 9.96. The van der Waals surface area contributed by atoms with E-state index in [2.05, 4.69) is 31.8 Å². The van der Waals surface area contributed by atoms with Crippen LogP contribution in [0.25, 0.3) is 11.3 Å². The van der Waals surface area contributed by atoms with E-state index in [9.17, 15) is 0 Å². The maximum atomic E-state index is 4.75. The summed E-state index contributed by atoms with van der Waals surface area (Å²) in [5, 5.41) is 4.75. The molecule has 3 nitrogen and oxygen atoms in total. The lowest BCUT2D eigenvalue weighted by Crippen LogP contribution is -2.13. The van der Waals surface area contributed by atoms with Crippen LogP contribution in [0.5, 0.6) is 0 Å². The number of nitrogens with zero attached hydrogens (tertiary/aromatic N) is 3. The van der Waals surface area contributed by atoms with Crippen molar-refractivity contribution >= 4 is 15.9 Å². The van der Waals surface area contributed by atoms with Crippen molar-refractivity contribution in [1.29, 1.82) is 0 Å².